The summed E-state index contributed by atoms with van der Waals surface area (Å²) in [5, 5.41) is 15.4. The molecule has 1 aliphatic rings. The van der Waals surface area contributed by atoms with Gasteiger partial charge in [-0.3, -0.25) is 9.39 Å². The summed E-state index contributed by atoms with van der Waals surface area (Å²) in [5.74, 6) is 2.70. The highest BCUT2D eigenvalue weighted by Gasteiger charge is 2.37. The maximum atomic E-state index is 4.91. The van der Waals surface area contributed by atoms with Crippen LogP contribution < -0.4 is 10.6 Å². The number of nitrogens with zero attached hydrogens (tertiary/aromatic N) is 4. The molecule has 2 N–H and O–H groups in total. The topological polar surface area (TPSA) is 66.6 Å². The average molecular weight is 371 g/mol. The van der Waals surface area contributed by atoms with Crippen LogP contribution in [0.1, 0.15) is 58.7 Å². The van der Waals surface area contributed by atoms with Gasteiger partial charge in [0, 0.05) is 32.3 Å². The van der Waals surface area contributed by atoms with E-state index >= 15 is 0 Å². The van der Waals surface area contributed by atoms with Gasteiger partial charge in [0.05, 0.1) is 0 Å². The smallest absolute Gasteiger partial charge is 0.191 e. The highest BCUT2D eigenvalue weighted by atomic mass is 15.2. The van der Waals surface area contributed by atoms with Crippen LogP contribution in [0.5, 0.6) is 0 Å². The zero-order valence-electron chi connectivity index (χ0n) is 17.0. The van der Waals surface area contributed by atoms with Crippen molar-refractivity contribution in [2.75, 3.05) is 19.6 Å². The van der Waals surface area contributed by atoms with Gasteiger partial charge in [0.2, 0.25) is 0 Å². The molecule has 0 spiro atoms. The lowest BCUT2D eigenvalue weighted by Crippen LogP contribution is -2.40. The lowest BCUT2D eigenvalue weighted by atomic mass is 9.64. The molecule has 0 bridgehead atoms. The van der Waals surface area contributed by atoms with E-state index < -0.39 is 0 Å². The average Bonchev–Trinajstić information content (AvgIpc) is 3.03. The molecule has 27 heavy (non-hydrogen) atoms. The van der Waals surface area contributed by atoms with Crippen molar-refractivity contribution in [3.05, 3.63) is 30.2 Å². The zero-order valence-corrected chi connectivity index (χ0v) is 17.0. The standard InChI is InChI=1S/C21H34N6/c1-4-22-20(24-16-21(11-8-12-21)15-17(2)3)23-13-7-10-19-26-25-18-9-5-6-14-27(18)19/h5-6,9,14,17H,4,7-8,10-13,15-16H2,1-3H3,(H2,22,23,24). The first-order valence-electron chi connectivity index (χ1n) is 10.4. The molecule has 6 heteroatoms. The predicted octanol–water partition coefficient (Wildman–Crippen LogP) is 3.43. The van der Waals surface area contributed by atoms with Crippen LogP contribution >= 0.6 is 0 Å². The molecule has 1 fully saturated rings. The molecule has 0 saturated heterocycles. The maximum absolute atomic E-state index is 4.91. The van der Waals surface area contributed by atoms with Gasteiger partial charge in [-0.05, 0) is 56.1 Å². The monoisotopic (exact) mass is 370 g/mol. The van der Waals surface area contributed by atoms with Gasteiger partial charge in [0.1, 0.15) is 5.82 Å². The summed E-state index contributed by atoms with van der Waals surface area (Å²) < 4.78 is 2.06. The summed E-state index contributed by atoms with van der Waals surface area (Å²) in [7, 11) is 0. The van der Waals surface area contributed by atoms with Gasteiger partial charge < -0.3 is 10.6 Å². The van der Waals surface area contributed by atoms with Crippen LogP contribution in [0, 0.1) is 11.3 Å². The van der Waals surface area contributed by atoms with Crippen molar-refractivity contribution in [3.63, 3.8) is 0 Å². The molecule has 1 aliphatic carbocycles. The van der Waals surface area contributed by atoms with Crippen LogP contribution in [0.25, 0.3) is 5.65 Å². The molecule has 0 atom stereocenters. The van der Waals surface area contributed by atoms with Crippen molar-refractivity contribution < 1.29 is 0 Å². The molecule has 3 rings (SSSR count). The van der Waals surface area contributed by atoms with E-state index in [0.29, 0.717) is 5.41 Å². The highest BCUT2D eigenvalue weighted by Crippen LogP contribution is 2.46. The Balaban J connectivity index is 1.49. The van der Waals surface area contributed by atoms with E-state index in [1.807, 2.05) is 24.4 Å². The molecule has 6 nitrogen and oxygen atoms in total. The third kappa shape index (κ3) is 5.21. The Morgan fingerprint density at radius 3 is 2.81 bits per heavy atom. The van der Waals surface area contributed by atoms with Gasteiger partial charge in [0.25, 0.3) is 0 Å². The summed E-state index contributed by atoms with van der Waals surface area (Å²) in [6, 6.07) is 5.99. The van der Waals surface area contributed by atoms with Gasteiger partial charge in [-0.25, -0.2) is 0 Å². The molecule has 0 unspecified atom stereocenters. The Morgan fingerprint density at radius 2 is 2.11 bits per heavy atom. The van der Waals surface area contributed by atoms with Gasteiger partial charge in [0.15, 0.2) is 11.6 Å². The minimum atomic E-state index is 0.441. The van der Waals surface area contributed by atoms with Gasteiger partial charge >= 0.3 is 0 Å². The van der Waals surface area contributed by atoms with E-state index in [4.69, 9.17) is 4.99 Å². The van der Waals surface area contributed by atoms with Crippen LogP contribution in [0.2, 0.25) is 0 Å². The molecule has 0 radical (unpaired) electrons. The third-order valence-corrected chi connectivity index (χ3v) is 5.43. The maximum Gasteiger partial charge on any atom is 0.191 e. The molecule has 0 aromatic carbocycles. The second kappa shape index (κ2) is 9.20. The first-order valence-corrected chi connectivity index (χ1v) is 10.4. The number of pyridine rings is 1. The quantitative estimate of drug-likeness (QED) is 0.403. The minimum Gasteiger partial charge on any atom is -0.357 e. The Hall–Kier alpha value is -2.11. The van der Waals surface area contributed by atoms with Crippen LogP contribution in [-0.2, 0) is 6.42 Å². The largest absolute Gasteiger partial charge is 0.357 e. The summed E-state index contributed by atoms with van der Waals surface area (Å²) in [4.78, 5) is 4.91. The fourth-order valence-corrected chi connectivity index (χ4v) is 4.07. The number of guanidine groups is 1. The Labute approximate surface area is 162 Å². The number of hydrogen-bond donors (Lipinski definition) is 2. The molecule has 2 heterocycles. The summed E-state index contributed by atoms with van der Waals surface area (Å²) in [6.07, 6.45) is 9.22. The van der Waals surface area contributed by atoms with Gasteiger partial charge in [-0.15, -0.1) is 10.2 Å². The van der Waals surface area contributed by atoms with E-state index in [-0.39, 0.29) is 0 Å². The number of nitrogens with one attached hydrogen (secondary N) is 2. The Morgan fingerprint density at radius 1 is 1.26 bits per heavy atom. The Bertz CT molecular complexity index is 744. The molecule has 2 aromatic heterocycles. The van der Waals surface area contributed by atoms with E-state index in [1.54, 1.807) is 0 Å². The van der Waals surface area contributed by atoms with Crippen LogP contribution in [0.3, 0.4) is 0 Å². The summed E-state index contributed by atoms with van der Waals surface area (Å²) in [5.41, 5.74) is 1.35. The number of fused-ring (bicyclic) bond motifs is 1. The van der Waals surface area contributed by atoms with Crippen LogP contribution in [-0.4, -0.2) is 40.2 Å². The SMILES string of the molecule is CCNC(=NCC1(CC(C)C)CCC1)NCCCc1nnc2ccccn12. The number of rotatable bonds is 9. The summed E-state index contributed by atoms with van der Waals surface area (Å²) in [6.45, 7) is 9.47. The normalized spacial score (nSPS) is 16.5. The third-order valence-electron chi connectivity index (χ3n) is 5.43. The van der Waals surface area contributed by atoms with Crippen molar-refractivity contribution in [1.82, 2.24) is 25.2 Å². The fourth-order valence-electron chi connectivity index (χ4n) is 4.07. The number of aliphatic imine (C=N–C) groups is 1. The van der Waals surface area contributed by atoms with Crippen molar-refractivity contribution in [1.29, 1.82) is 0 Å². The van der Waals surface area contributed by atoms with Crippen molar-refractivity contribution in [2.45, 2.75) is 59.3 Å². The van der Waals surface area contributed by atoms with E-state index in [2.05, 4.69) is 46.0 Å². The van der Waals surface area contributed by atoms with Gasteiger partial charge in [-0.1, -0.05) is 26.3 Å². The minimum absolute atomic E-state index is 0.441. The van der Waals surface area contributed by atoms with E-state index in [1.165, 1.54) is 25.7 Å². The molecular formula is C21H34N6. The lowest BCUT2D eigenvalue weighted by molar-refractivity contribution is 0.111. The molecular weight excluding hydrogens is 336 g/mol. The van der Waals surface area contributed by atoms with Crippen molar-refractivity contribution in [2.24, 2.45) is 16.3 Å². The second-order valence-electron chi connectivity index (χ2n) is 8.22. The van der Waals surface area contributed by atoms with Crippen LogP contribution in [0.15, 0.2) is 29.4 Å². The molecule has 1 saturated carbocycles. The molecule has 0 amide bonds. The first kappa shape index (κ1) is 19.6. The molecule has 2 aromatic rings. The Kier molecular flexibility index (Phi) is 6.69. The summed E-state index contributed by atoms with van der Waals surface area (Å²) >= 11 is 0. The molecule has 0 aliphatic heterocycles. The zero-order chi connectivity index (χ0) is 19.1. The highest BCUT2D eigenvalue weighted by molar-refractivity contribution is 5.79. The van der Waals surface area contributed by atoms with E-state index in [9.17, 15) is 0 Å². The number of aromatic nitrogens is 3. The first-order chi connectivity index (χ1) is 13.1. The lowest BCUT2D eigenvalue weighted by Gasteiger charge is -2.42. The van der Waals surface area contributed by atoms with E-state index in [0.717, 1.165) is 55.8 Å². The number of aryl methyl sites for hydroxylation is 1. The van der Waals surface area contributed by atoms with Crippen molar-refractivity contribution in [3.8, 4) is 0 Å². The van der Waals surface area contributed by atoms with Crippen molar-refractivity contribution >= 4 is 11.6 Å². The second-order valence-corrected chi connectivity index (χ2v) is 8.22. The van der Waals surface area contributed by atoms with Gasteiger partial charge in [-0.2, -0.15) is 0 Å². The fraction of sp³-hybridized carbons (Fsp3) is 0.667. The van der Waals surface area contributed by atoms with Crippen LogP contribution in [0.4, 0.5) is 0 Å². The number of hydrogen-bond acceptors (Lipinski definition) is 3. The molecule has 148 valence electrons. The predicted molar refractivity (Wildman–Crippen MR) is 111 cm³/mol.